The topological polar surface area (TPSA) is 71.8 Å². The van der Waals surface area contributed by atoms with Crippen LogP contribution in [0.25, 0.3) is 22.5 Å². The molecule has 0 radical (unpaired) electrons. The third-order valence-electron chi connectivity index (χ3n) is 3.57. The Morgan fingerprint density at radius 3 is 2.80 bits per heavy atom. The van der Waals surface area contributed by atoms with Gasteiger partial charge in [0.2, 0.25) is 0 Å². The fourth-order valence-electron chi connectivity index (χ4n) is 2.60. The van der Waals surface area contributed by atoms with Crippen molar-refractivity contribution in [2.45, 2.75) is 6.42 Å². The van der Waals surface area contributed by atoms with E-state index in [0.717, 1.165) is 23.4 Å². The van der Waals surface area contributed by atoms with Gasteiger partial charge in [-0.25, -0.2) is 0 Å². The summed E-state index contributed by atoms with van der Waals surface area (Å²) in [6.45, 7) is 0. The average molecular weight is 283 g/mol. The highest BCUT2D eigenvalue weighted by molar-refractivity contribution is 7.10. The zero-order valence-electron chi connectivity index (χ0n) is 10.3. The van der Waals surface area contributed by atoms with Crippen molar-refractivity contribution in [3.05, 3.63) is 56.3 Å². The van der Waals surface area contributed by atoms with E-state index in [1.165, 1.54) is 28.1 Å². The Hall–Kier alpha value is -2.47. The summed E-state index contributed by atoms with van der Waals surface area (Å²) in [4.78, 5) is 11.6. The number of fused-ring (bicyclic) bond motifs is 3. The molecule has 2 aromatic heterocycles. The fraction of sp³-hybridized carbons (Fsp3) is 0.0714. The normalized spacial score (nSPS) is 12.2. The maximum Gasteiger partial charge on any atom is 0.269 e. The summed E-state index contributed by atoms with van der Waals surface area (Å²) in [5.41, 5.74) is 5.38. The molecular weight excluding hydrogens is 274 g/mol. The molecule has 0 saturated heterocycles. The number of nitrogens with zero attached hydrogens (tertiary/aromatic N) is 2. The molecule has 1 N–H and O–H groups in total. The minimum Gasteiger partial charge on any atom is -0.277 e. The summed E-state index contributed by atoms with van der Waals surface area (Å²) in [5, 5.41) is 20.2. The summed E-state index contributed by atoms with van der Waals surface area (Å²) in [7, 11) is 0. The number of thiophene rings is 1. The molecule has 1 aromatic carbocycles. The number of aromatic amines is 1. The molecule has 0 aliphatic heterocycles. The highest BCUT2D eigenvalue weighted by Gasteiger charge is 2.25. The predicted octanol–water partition coefficient (Wildman–Crippen LogP) is 3.62. The first-order valence-electron chi connectivity index (χ1n) is 6.13. The Labute approximate surface area is 118 Å². The van der Waals surface area contributed by atoms with Crippen molar-refractivity contribution in [1.29, 1.82) is 0 Å². The molecule has 0 spiro atoms. The van der Waals surface area contributed by atoms with E-state index in [9.17, 15) is 10.1 Å². The third-order valence-corrected chi connectivity index (χ3v) is 4.49. The molecule has 2 heterocycles. The van der Waals surface area contributed by atoms with Gasteiger partial charge in [0.25, 0.3) is 5.69 Å². The van der Waals surface area contributed by atoms with Crippen LogP contribution in [0.4, 0.5) is 5.69 Å². The van der Waals surface area contributed by atoms with Crippen LogP contribution in [0.1, 0.15) is 10.4 Å². The van der Waals surface area contributed by atoms with Crippen LogP contribution in [-0.4, -0.2) is 15.1 Å². The van der Waals surface area contributed by atoms with Gasteiger partial charge in [-0.2, -0.15) is 5.10 Å². The van der Waals surface area contributed by atoms with Crippen molar-refractivity contribution in [2.24, 2.45) is 0 Å². The molecule has 1 aliphatic carbocycles. The monoisotopic (exact) mass is 283 g/mol. The van der Waals surface area contributed by atoms with Gasteiger partial charge in [0, 0.05) is 40.1 Å². The molecule has 0 amide bonds. The molecule has 1 aliphatic rings. The van der Waals surface area contributed by atoms with E-state index in [1.54, 1.807) is 23.5 Å². The molecule has 6 heteroatoms. The van der Waals surface area contributed by atoms with Crippen LogP contribution in [0.3, 0.4) is 0 Å². The lowest BCUT2D eigenvalue weighted by Gasteiger charge is -1.99. The van der Waals surface area contributed by atoms with Gasteiger partial charge in [-0.3, -0.25) is 15.2 Å². The zero-order valence-corrected chi connectivity index (χ0v) is 11.1. The molecule has 0 atom stereocenters. The van der Waals surface area contributed by atoms with Crippen LogP contribution in [0, 0.1) is 10.1 Å². The van der Waals surface area contributed by atoms with Crippen LogP contribution in [0.15, 0.2) is 35.7 Å². The number of nitrogens with one attached hydrogen (secondary N) is 1. The third kappa shape index (κ3) is 1.51. The molecule has 3 aromatic rings. The lowest BCUT2D eigenvalue weighted by molar-refractivity contribution is -0.384. The first-order chi connectivity index (χ1) is 9.74. The van der Waals surface area contributed by atoms with Crippen molar-refractivity contribution in [3.63, 3.8) is 0 Å². The highest BCUT2D eigenvalue weighted by atomic mass is 32.1. The van der Waals surface area contributed by atoms with Crippen LogP contribution < -0.4 is 0 Å². The second-order valence-corrected chi connectivity index (χ2v) is 5.66. The summed E-state index contributed by atoms with van der Waals surface area (Å²) in [6, 6.07) is 8.63. The molecule has 4 rings (SSSR count). The van der Waals surface area contributed by atoms with Gasteiger partial charge in [0.05, 0.1) is 16.3 Å². The van der Waals surface area contributed by atoms with E-state index >= 15 is 0 Å². The molecule has 0 bridgehead atoms. The first-order valence-corrected chi connectivity index (χ1v) is 7.01. The Balaban J connectivity index is 1.79. The van der Waals surface area contributed by atoms with E-state index in [1.807, 2.05) is 0 Å². The average Bonchev–Trinajstić information content (AvgIpc) is 3.10. The van der Waals surface area contributed by atoms with Crippen LogP contribution >= 0.6 is 11.3 Å². The lowest BCUT2D eigenvalue weighted by atomic mass is 10.1. The van der Waals surface area contributed by atoms with Gasteiger partial charge in [-0.15, -0.1) is 11.3 Å². The van der Waals surface area contributed by atoms with Crippen LogP contribution in [-0.2, 0) is 6.42 Å². The maximum atomic E-state index is 10.7. The summed E-state index contributed by atoms with van der Waals surface area (Å²) >= 11 is 1.75. The number of nitro groups is 1. The Bertz CT molecular complexity index is 817. The first kappa shape index (κ1) is 11.4. The summed E-state index contributed by atoms with van der Waals surface area (Å²) < 4.78 is 0. The quantitative estimate of drug-likeness (QED) is 0.451. The molecule has 0 saturated carbocycles. The second-order valence-electron chi connectivity index (χ2n) is 4.66. The maximum absolute atomic E-state index is 10.7. The van der Waals surface area contributed by atoms with Crippen molar-refractivity contribution >= 4 is 17.0 Å². The molecule has 0 unspecified atom stereocenters. The van der Waals surface area contributed by atoms with Crippen molar-refractivity contribution in [3.8, 4) is 22.5 Å². The van der Waals surface area contributed by atoms with Crippen molar-refractivity contribution in [2.75, 3.05) is 0 Å². The van der Waals surface area contributed by atoms with Gasteiger partial charge in [0.15, 0.2) is 0 Å². The van der Waals surface area contributed by atoms with Crippen LogP contribution in [0.2, 0.25) is 0 Å². The number of hydrogen-bond donors (Lipinski definition) is 1. The predicted molar refractivity (Wildman–Crippen MR) is 76.8 cm³/mol. The number of rotatable bonds is 2. The minimum atomic E-state index is -0.393. The summed E-state index contributed by atoms with van der Waals surface area (Å²) in [6.07, 6.45) is 0.880. The van der Waals surface area contributed by atoms with E-state index in [2.05, 4.69) is 21.6 Å². The Morgan fingerprint density at radius 1 is 1.25 bits per heavy atom. The number of nitro benzene ring substituents is 1. The molecule has 5 nitrogen and oxygen atoms in total. The van der Waals surface area contributed by atoms with Gasteiger partial charge < -0.3 is 0 Å². The van der Waals surface area contributed by atoms with E-state index in [0.29, 0.717) is 0 Å². The summed E-state index contributed by atoms with van der Waals surface area (Å²) in [5.74, 6) is 0. The van der Waals surface area contributed by atoms with Crippen molar-refractivity contribution in [1.82, 2.24) is 10.2 Å². The zero-order chi connectivity index (χ0) is 13.7. The molecule has 20 heavy (non-hydrogen) atoms. The number of H-pyrrole nitrogens is 1. The SMILES string of the molecule is O=[N+]([O-])c1ccc(-c2n[nH]c3c2Cc2sccc2-3)cc1. The fourth-order valence-corrected chi connectivity index (χ4v) is 3.49. The minimum absolute atomic E-state index is 0.0973. The van der Waals surface area contributed by atoms with Gasteiger partial charge in [-0.1, -0.05) is 0 Å². The van der Waals surface area contributed by atoms with Gasteiger partial charge in [0.1, 0.15) is 0 Å². The number of hydrogen-bond acceptors (Lipinski definition) is 4. The molecule has 98 valence electrons. The van der Waals surface area contributed by atoms with E-state index in [4.69, 9.17) is 0 Å². The number of benzene rings is 1. The second kappa shape index (κ2) is 4.01. The lowest BCUT2D eigenvalue weighted by Crippen LogP contribution is -1.89. The Kier molecular flexibility index (Phi) is 2.28. The van der Waals surface area contributed by atoms with Gasteiger partial charge >= 0.3 is 0 Å². The number of non-ortho nitro benzene ring substituents is 1. The van der Waals surface area contributed by atoms with E-state index < -0.39 is 4.92 Å². The molecular formula is C14H9N3O2S. The van der Waals surface area contributed by atoms with Gasteiger partial charge in [-0.05, 0) is 23.6 Å². The molecule has 0 fully saturated rings. The van der Waals surface area contributed by atoms with E-state index in [-0.39, 0.29) is 5.69 Å². The number of aromatic nitrogens is 2. The van der Waals surface area contributed by atoms with Crippen molar-refractivity contribution < 1.29 is 4.92 Å². The standard InChI is InChI=1S/C14H9N3O2S/c18-17(19)9-3-1-8(2-4-9)13-11-7-12-10(5-6-20-12)14(11)16-15-13/h1-6H,7H2,(H,15,16). The van der Waals surface area contributed by atoms with Crippen LogP contribution in [0.5, 0.6) is 0 Å². The Morgan fingerprint density at radius 2 is 2.05 bits per heavy atom. The highest BCUT2D eigenvalue weighted by Crippen LogP contribution is 2.42. The largest absolute Gasteiger partial charge is 0.277 e. The smallest absolute Gasteiger partial charge is 0.269 e.